The van der Waals surface area contributed by atoms with Gasteiger partial charge in [0.1, 0.15) is 24.6 Å². The molecule has 2 fully saturated rings. The van der Waals surface area contributed by atoms with Gasteiger partial charge in [-0.25, -0.2) is 15.0 Å². The number of carbonyl (C=O) groups is 1. The fraction of sp³-hybridized carbons (Fsp3) is 0.759. The maximum atomic E-state index is 11.8. The summed E-state index contributed by atoms with van der Waals surface area (Å²) in [4.78, 5) is 25.1. The summed E-state index contributed by atoms with van der Waals surface area (Å²) < 4.78 is 42.7. The van der Waals surface area contributed by atoms with Gasteiger partial charge >= 0.3 is 17.1 Å². The van der Waals surface area contributed by atoms with Gasteiger partial charge in [0, 0.05) is 6.92 Å². The molecule has 2 aromatic rings. The number of nitrogens with one attached hydrogen (secondary N) is 1. The Kier molecular flexibility index (Phi) is 11.0. The molecular weight excluding hydrogens is 601 g/mol. The van der Waals surface area contributed by atoms with Gasteiger partial charge in [0.2, 0.25) is 5.91 Å². The lowest BCUT2D eigenvalue weighted by molar-refractivity contribution is -0.191. The van der Waals surface area contributed by atoms with Gasteiger partial charge in [0.15, 0.2) is 29.5 Å². The molecular formula is C29H48N6O7Si2. The monoisotopic (exact) mass is 648 g/mol. The Morgan fingerprint density at radius 2 is 1.73 bits per heavy atom. The van der Waals surface area contributed by atoms with E-state index >= 15 is 0 Å². The number of fused-ring (bicyclic) bond motifs is 2. The van der Waals surface area contributed by atoms with Crippen LogP contribution in [0.5, 0.6) is 0 Å². The summed E-state index contributed by atoms with van der Waals surface area (Å²) in [5.41, 5.74) is 1.49. The SMILES string of the molecule is CC(=O)Nc1ncnc2c1ncn2[C@@H]1O[C@@H]2CO[Si](C(C)C)(C(C)C)O[Si](C(C)C)(C(C)C)O[C@H]2[C@H]1OC(C)OCCC#N. The van der Waals surface area contributed by atoms with E-state index in [2.05, 4.69) is 81.7 Å². The standard InChI is InChI=1S/C29H48N6O7Si2/c1-17(2)43(18(3)4)38-14-23-25(41-44(42-43,19(5)6)20(7)8)26(39-22(10)37-13-11-12-30)29(40-23)35-16-33-24-27(34-21(9)36)31-15-32-28(24)35/h15-20,22-23,25-26,29H,11,13-14H2,1-10H3,(H,31,32,34,36)/t22?,23-,25-,26-,29-/m1/s1. The second kappa shape index (κ2) is 14.0. The highest BCUT2D eigenvalue weighted by Gasteiger charge is 2.62. The average Bonchev–Trinajstić information content (AvgIpc) is 3.49. The van der Waals surface area contributed by atoms with Crippen LogP contribution in [0.3, 0.4) is 0 Å². The van der Waals surface area contributed by atoms with E-state index in [4.69, 9.17) is 32.4 Å². The third-order valence-electron chi connectivity index (χ3n) is 8.46. The zero-order valence-corrected chi connectivity index (χ0v) is 29.6. The molecule has 2 saturated heterocycles. The van der Waals surface area contributed by atoms with Crippen molar-refractivity contribution in [3.8, 4) is 6.07 Å². The summed E-state index contributed by atoms with van der Waals surface area (Å²) in [6.07, 6.45) is 0.133. The largest absolute Gasteiger partial charge is 0.414 e. The van der Waals surface area contributed by atoms with E-state index < -0.39 is 48.0 Å². The van der Waals surface area contributed by atoms with Crippen molar-refractivity contribution in [2.24, 2.45) is 0 Å². The second-order valence-electron chi connectivity index (χ2n) is 12.8. The predicted molar refractivity (Wildman–Crippen MR) is 168 cm³/mol. The molecule has 15 heteroatoms. The van der Waals surface area contributed by atoms with Crippen LogP contribution in [0.4, 0.5) is 5.82 Å². The van der Waals surface area contributed by atoms with Crippen LogP contribution in [0.2, 0.25) is 22.2 Å². The minimum Gasteiger partial charge on any atom is -0.414 e. The number of carbonyl (C=O) groups excluding carboxylic acids is 1. The molecule has 0 saturated carbocycles. The van der Waals surface area contributed by atoms with Crippen molar-refractivity contribution in [1.29, 1.82) is 5.26 Å². The van der Waals surface area contributed by atoms with Crippen molar-refractivity contribution < 1.29 is 32.0 Å². The normalized spacial score (nSPS) is 25.7. The number of rotatable bonds is 11. The summed E-state index contributed by atoms with van der Waals surface area (Å²) in [7, 11) is -5.78. The smallest absolute Gasteiger partial charge is 0.335 e. The van der Waals surface area contributed by atoms with E-state index in [1.807, 2.05) is 0 Å². The van der Waals surface area contributed by atoms with Crippen LogP contribution in [-0.2, 0) is 32.0 Å². The Hall–Kier alpha value is -2.30. The molecule has 1 N–H and O–H groups in total. The van der Waals surface area contributed by atoms with Crippen LogP contribution < -0.4 is 5.32 Å². The van der Waals surface area contributed by atoms with Crippen molar-refractivity contribution in [2.45, 2.75) is 129 Å². The number of imidazole rings is 1. The summed E-state index contributed by atoms with van der Waals surface area (Å²) >= 11 is 0. The van der Waals surface area contributed by atoms with Crippen LogP contribution in [0.25, 0.3) is 11.2 Å². The molecule has 0 radical (unpaired) electrons. The first-order chi connectivity index (χ1) is 20.8. The van der Waals surface area contributed by atoms with Crippen LogP contribution in [0, 0.1) is 11.3 Å². The first-order valence-electron chi connectivity index (χ1n) is 15.5. The Morgan fingerprint density at radius 3 is 2.32 bits per heavy atom. The van der Waals surface area contributed by atoms with Crippen molar-refractivity contribution in [3.05, 3.63) is 12.7 Å². The topological polar surface area (TPSA) is 152 Å². The summed E-state index contributed by atoms with van der Waals surface area (Å²) in [5, 5.41) is 11.7. The third kappa shape index (κ3) is 6.63. The van der Waals surface area contributed by atoms with Crippen LogP contribution in [0.1, 0.15) is 81.9 Å². The molecule has 4 rings (SSSR count). The fourth-order valence-electron chi connectivity index (χ4n) is 6.32. The first kappa shape index (κ1) is 34.6. The molecule has 2 aliphatic heterocycles. The van der Waals surface area contributed by atoms with Crippen LogP contribution in [-0.4, -0.2) is 80.4 Å². The number of nitrogens with zero attached hydrogens (tertiary/aromatic N) is 5. The molecule has 244 valence electrons. The first-order valence-corrected chi connectivity index (χ1v) is 19.5. The Balaban J connectivity index is 1.83. The number of aromatic nitrogens is 4. The van der Waals surface area contributed by atoms with Crippen molar-refractivity contribution in [1.82, 2.24) is 19.5 Å². The lowest BCUT2D eigenvalue weighted by Crippen LogP contribution is -2.66. The van der Waals surface area contributed by atoms with Gasteiger partial charge in [0.05, 0.1) is 32.0 Å². The summed E-state index contributed by atoms with van der Waals surface area (Å²) in [6, 6.07) is 2.10. The van der Waals surface area contributed by atoms with E-state index in [1.54, 1.807) is 17.8 Å². The second-order valence-corrected chi connectivity index (χ2v) is 21.6. The zero-order chi connectivity index (χ0) is 32.4. The predicted octanol–water partition coefficient (Wildman–Crippen LogP) is 5.30. The number of amides is 1. The van der Waals surface area contributed by atoms with Gasteiger partial charge in [-0.05, 0) is 29.1 Å². The molecule has 4 heterocycles. The minimum absolute atomic E-state index is 0.111. The van der Waals surface area contributed by atoms with Crippen molar-refractivity contribution >= 4 is 40.0 Å². The molecule has 2 aromatic heterocycles. The quantitative estimate of drug-likeness (QED) is 0.192. The zero-order valence-electron chi connectivity index (χ0n) is 27.6. The maximum Gasteiger partial charge on any atom is 0.335 e. The fourth-order valence-corrected chi connectivity index (χ4v) is 17.5. The summed E-state index contributed by atoms with van der Waals surface area (Å²) in [5.74, 6) is 0.0384. The molecule has 0 spiro atoms. The van der Waals surface area contributed by atoms with Crippen LogP contribution >= 0.6 is 0 Å². The Morgan fingerprint density at radius 1 is 1.07 bits per heavy atom. The van der Waals surface area contributed by atoms with E-state index in [0.29, 0.717) is 17.0 Å². The van der Waals surface area contributed by atoms with E-state index in [0.717, 1.165) is 0 Å². The Bertz CT molecular complexity index is 1320. The highest BCUT2D eigenvalue weighted by Crippen LogP contribution is 2.49. The highest BCUT2D eigenvalue weighted by atomic mass is 28.5. The lowest BCUT2D eigenvalue weighted by atomic mass is 10.1. The molecule has 1 amide bonds. The van der Waals surface area contributed by atoms with Crippen molar-refractivity contribution in [3.63, 3.8) is 0 Å². The van der Waals surface area contributed by atoms with E-state index in [-0.39, 0.29) is 47.7 Å². The molecule has 5 atom stereocenters. The number of anilines is 1. The average molecular weight is 649 g/mol. The van der Waals surface area contributed by atoms with E-state index in [1.165, 1.54) is 13.3 Å². The van der Waals surface area contributed by atoms with Crippen LogP contribution in [0.15, 0.2) is 12.7 Å². The number of nitriles is 1. The third-order valence-corrected chi connectivity index (χ3v) is 18.7. The lowest BCUT2D eigenvalue weighted by Gasteiger charge is -2.51. The van der Waals surface area contributed by atoms with Gasteiger partial charge in [-0.15, -0.1) is 0 Å². The van der Waals surface area contributed by atoms with Gasteiger partial charge in [-0.2, -0.15) is 5.26 Å². The van der Waals surface area contributed by atoms with Gasteiger partial charge in [0.25, 0.3) is 0 Å². The van der Waals surface area contributed by atoms with Gasteiger partial charge in [-0.3, -0.25) is 9.36 Å². The minimum atomic E-state index is -2.99. The van der Waals surface area contributed by atoms with E-state index in [9.17, 15) is 4.79 Å². The number of ether oxygens (including phenoxy) is 3. The molecule has 2 aliphatic rings. The molecule has 13 nitrogen and oxygen atoms in total. The molecule has 44 heavy (non-hydrogen) atoms. The number of hydrogen-bond donors (Lipinski definition) is 1. The maximum absolute atomic E-state index is 11.8. The van der Waals surface area contributed by atoms with Crippen molar-refractivity contribution in [2.75, 3.05) is 18.5 Å². The van der Waals surface area contributed by atoms with Gasteiger partial charge < -0.3 is 32.5 Å². The Labute approximate surface area is 262 Å². The number of hydrogen-bond acceptors (Lipinski definition) is 11. The molecule has 0 aromatic carbocycles. The molecule has 0 aliphatic carbocycles. The summed E-state index contributed by atoms with van der Waals surface area (Å²) in [6.45, 7) is 21.1. The highest BCUT2D eigenvalue weighted by molar-refractivity contribution is 6.84. The molecule has 0 bridgehead atoms. The molecule has 1 unspecified atom stereocenters. The van der Waals surface area contributed by atoms with Gasteiger partial charge in [-0.1, -0.05) is 55.4 Å².